The molecule has 0 spiro atoms. The second-order valence-corrected chi connectivity index (χ2v) is 4.60. The third kappa shape index (κ3) is 2.87. The Morgan fingerprint density at radius 3 is 2.65 bits per heavy atom. The van der Waals surface area contributed by atoms with Crippen LogP contribution in [0, 0.1) is 5.82 Å². The van der Waals surface area contributed by atoms with E-state index in [1.54, 1.807) is 4.68 Å². The molecule has 0 atom stereocenters. The summed E-state index contributed by atoms with van der Waals surface area (Å²) < 4.78 is 15.5. The first-order valence-corrected chi connectivity index (χ1v) is 6.62. The van der Waals surface area contributed by atoms with Gasteiger partial charge in [-0.15, -0.1) is 0 Å². The number of carboxylic acids is 1. The summed E-state index contributed by atoms with van der Waals surface area (Å²) in [6, 6.07) is 5.82. The molecule has 106 valence electrons. The average molecular weight is 276 g/mol. The first-order valence-electron chi connectivity index (χ1n) is 6.62. The van der Waals surface area contributed by atoms with Crippen LogP contribution in [-0.2, 0) is 19.4 Å². The van der Waals surface area contributed by atoms with Gasteiger partial charge in [0.15, 0.2) is 0 Å². The average Bonchev–Trinajstić information content (AvgIpc) is 2.83. The molecule has 0 radical (unpaired) electrons. The highest BCUT2D eigenvalue weighted by Gasteiger charge is 2.11. The van der Waals surface area contributed by atoms with Gasteiger partial charge in [0, 0.05) is 11.3 Å². The molecule has 0 unspecified atom stereocenters. The van der Waals surface area contributed by atoms with Crippen molar-refractivity contribution < 1.29 is 14.3 Å². The summed E-state index contributed by atoms with van der Waals surface area (Å²) in [7, 11) is 0. The Morgan fingerprint density at radius 2 is 2.05 bits per heavy atom. The molecular weight excluding hydrogens is 259 g/mol. The van der Waals surface area contributed by atoms with E-state index in [0.29, 0.717) is 5.56 Å². The van der Waals surface area contributed by atoms with Crippen LogP contribution in [0.15, 0.2) is 24.3 Å². The summed E-state index contributed by atoms with van der Waals surface area (Å²) in [5.74, 6) is -1.47. The summed E-state index contributed by atoms with van der Waals surface area (Å²) in [5, 5.41) is 13.4. The van der Waals surface area contributed by atoms with Gasteiger partial charge in [0.1, 0.15) is 5.82 Å². The Hall–Kier alpha value is -2.17. The van der Waals surface area contributed by atoms with Crippen molar-refractivity contribution in [1.82, 2.24) is 9.78 Å². The van der Waals surface area contributed by atoms with Crippen LogP contribution in [-0.4, -0.2) is 20.9 Å². The van der Waals surface area contributed by atoms with E-state index in [1.807, 2.05) is 19.9 Å². The lowest BCUT2D eigenvalue weighted by Gasteiger charge is -2.08. The molecule has 4 nitrogen and oxygen atoms in total. The number of carbonyl (C=O) groups is 1. The molecule has 2 aromatic rings. The van der Waals surface area contributed by atoms with Gasteiger partial charge in [0.25, 0.3) is 0 Å². The van der Waals surface area contributed by atoms with Crippen molar-refractivity contribution in [3.63, 3.8) is 0 Å². The number of aromatic carboxylic acids is 1. The van der Waals surface area contributed by atoms with Gasteiger partial charge < -0.3 is 5.11 Å². The van der Waals surface area contributed by atoms with Gasteiger partial charge in [-0.3, -0.25) is 4.68 Å². The Labute approximate surface area is 116 Å². The van der Waals surface area contributed by atoms with Crippen molar-refractivity contribution in [3.05, 3.63) is 52.6 Å². The maximum Gasteiger partial charge on any atom is 0.335 e. The molecule has 0 saturated carbocycles. The van der Waals surface area contributed by atoms with E-state index in [9.17, 15) is 9.18 Å². The van der Waals surface area contributed by atoms with Crippen LogP contribution in [0.4, 0.5) is 4.39 Å². The quantitative estimate of drug-likeness (QED) is 0.913. The third-order valence-corrected chi connectivity index (χ3v) is 3.25. The van der Waals surface area contributed by atoms with Crippen molar-refractivity contribution in [1.29, 1.82) is 0 Å². The van der Waals surface area contributed by atoms with Gasteiger partial charge in [-0.25, -0.2) is 9.18 Å². The predicted octanol–water partition coefficient (Wildman–Crippen LogP) is 2.89. The highest BCUT2D eigenvalue weighted by molar-refractivity contribution is 5.87. The number of carboxylic acid groups (broad SMARTS) is 1. The van der Waals surface area contributed by atoms with Crippen molar-refractivity contribution in [2.45, 2.75) is 33.2 Å². The monoisotopic (exact) mass is 276 g/mol. The number of halogens is 1. The first kappa shape index (κ1) is 14.2. The largest absolute Gasteiger partial charge is 0.478 e. The van der Waals surface area contributed by atoms with Gasteiger partial charge in [-0.2, -0.15) is 5.10 Å². The second kappa shape index (κ2) is 5.86. The molecule has 0 amide bonds. The molecule has 0 aliphatic heterocycles. The molecule has 0 fully saturated rings. The van der Waals surface area contributed by atoms with E-state index in [0.717, 1.165) is 24.2 Å². The number of hydrogen-bond acceptors (Lipinski definition) is 2. The zero-order chi connectivity index (χ0) is 14.7. The van der Waals surface area contributed by atoms with Crippen LogP contribution < -0.4 is 0 Å². The molecule has 0 bridgehead atoms. The van der Waals surface area contributed by atoms with Crippen LogP contribution in [0.3, 0.4) is 0 Å². The highest BCUT2D eigenvalue weighted by Crippen LogP contribution is 2.15. The lowest BCUT2D eigenvalue weighted by molar-refractivity contribution is 0.0696. The molecule has 1 aromatic carbocycles. The fraction of sp³-hybridized carbons (Fsp3) is 0.333. The maximum absolute atomic E-state index is 13.8. The minimum atomic E-state index is -1.06. The van der Waals surface area contributed by atoms with E-state index in [1.165, 1.54) is 18.2 Å². The van der Waals surface area contributed by atoms with Gasteiger partial charge >= 0.3 is 5.97 Å². The van der Waals surface area contributed by atoms with E-state index in [4.69, 9.17) is 5.11 Å². The Balaban J connectivity index is 2.36. The predicted molar refractivity (Wildman–Crippen MR) is 73.4 cm³/mol. The molecule has 1 heterocycles. The highest BCUT2D eigenvalue weighted by atomic mass is 19.1. The topological polar surface area (TPSA) is 55.1 Å². The zero-order valence-corrected chi connectivity index (χ0v) is 11.6. The smallest absolute Gasteiger partial charge is 0.335 e. The van der Waals surface area contributed by atoms with Crippen molar-refractivity contribution >= 4 is 5.97 Å². The van der Waals surface area contributed by atoms with E-state index in [2.05, 4.69) is 5.10 Å². The molecule has 5 heteroatoms. The SMILES string of the molecule is CCc1cc(CC)n(Cc2cc(C(=O)O)ccc2F)n1. The van der Waals surface area contributed by atoms with E-state index < -0.39 is 11.8 Å². The number of nitrogens with zero attached hydrogens (tertiary/aromatic N) is 2. The summed E-state index contributed by atoms with van der Waals surface area (Å²) in [6.07, 6.45) is 1.62. The number of aromatic nitrogens is 2. The third-order valence-electron chi connectivity index (χ3n) is 3.25. The molecule has 1 aromatic heterocycles. The van der Waals surface area contributed by atoms with Crippen LogP contribution in [0.1, 0.15) is 41.2 Å². The molecule has 0 aliphatic carbocycles. The van der Waals surface area contributed by atoms with Crippen LogP contribution >= 0.6 is 0 Å². The lowest BCUT2D eigenvalue weighted by atomic mass is 10.1. The summed E-state index contributed by atoms with van der Waals surface area (Å²) in [4.78, 5) is 10.9. The number of hydrogen-bond donors (Lipinski definition) is 1. The van der Waals surface area contributed by atoms with Crippen molar-refractivity contribution in [3.8, 4) is 0 Å². The van der Waals surface area contributed by atoms with Crippen LogP contribution in [0.25, 0.3) is 0 Å². The summed E-state index contributed by atoms with van der Waals surface area (Å²) >= 11 is 0. The molecule has 20 heavy (non-hydrogen) atoms. The zero-order valence-electron chi connectivity index (χ0n) is 11.6. The molecule has 0 aliphatic rings. The molecular formula is C15H17FN2O2. The van der Waals surface area contributed by atoms with Gasteiger partial charge in [0.2, 0.25) is 0 Å². The fourth-order valence-electron chi connectivity index (χ4n) is 2.10. The van der Waals surface area contributed by atoms with Gasteiger partial charge in [-0.05, 0) is 37.1 Å². The fourth-order valence-corrected chi connectivity index (χ4v) is 2.10. The first-order chi connectivity index (χ1) is 9.55. The normalized spacial score (nSPS) is 10.8. The Morgan fingerprint density at radius 1 is 1.30 bits per heavy atom. The minimum Gasteiger partial charge on any atom is -0.478 e. The maximum atomic E-state index is 13.8. The standard InChI is InChI=1S/C15H17FN2O2/c1-3-12-8-13(4-2)18(17-12)9-11-7-10(15(19)20)5-6-14(11)16/h5-8H,3-4,9H2,1-2H3,(H,19,20). The Bertz CT molecular complexity index is 635. The van der Waals surface area contributed by atoms with E-state index in [-0.39, 0.29) is 12.1 Å². The summed E-state index contributed by atoms with van der Waals surface area (Å²) in [5.41, 5.74) is 2.39. The van der Waals surface area contributed by atoms with Crippen LogP contribution in [0.2, 0.25) is 0 Å². The number of rotatable bonds is 5. The van der Waals surface area contributed by atoms with Gasteiger partial charge in [0.05, 0.1) is 17.8 Å². The molecule has 2 rings (SSSR count). The molecule has 0 saturated heterocycles. The molecule has 1 N–H and O–H groups in total. The number of benzene rings is 1. The van der Waals surface area contributed by atoms with Crippen molar-refractivity contribution in [2.75, 3.05) is 0 Å². The summed E-state index contributed by atoms with van der Waals surface area (Å²) in [6.45, 7) is 4.27. The lowest BCUT2D eigenvalue weighted by Crippen LogP contribution is -2.09. The Kier molecular flexibility index (Phi) is 4.17. The number of aryl methyl sites for hydroxylation is 2. The minimum absolute atomic E-state index is 0.0855. The van der Waals surface area contributed by atoms with Crippen molar-refractivity contribution in [2.24, 2.45) is 0 Å². The van der Waals surface area contributed by atoms with Crippen LogP contribution in [0.5, 0.6) is 0 Å². The second-order valence-electron chi connectivity index (χ2n) is 4.60. The van der Waals surface area contributed by atoms with E-state index >= 15 is 0 Å². The van der Waals surface area contributed by atoms with Gasteiger partial charge in [-0.1, -0.05) is 13.8 Å².